The zero-order valence-electron chi connectivity index (χ0n) is 13.5. The third-order valence-electron chi connectivity index (χ3n) is 4.61. The Morgan fingerprint density at radius 2 is 2.10 bits per heavy atom. The lowest BCUT2D eigenvalue weighted by Crippen LogP contribution is -2.56. The Hall–Kier alpha value is -1.39. The molecule has 21 heavy (non-hydrogen) atoms. The Morgan fingerprint density at radius 3 is 2.86 bits per heavy atom. The standard InChI is InChI=1S/C17H26N4/c1-12(2)17-9-18-13(3)10-21(17)11-15-14-7-5-6-8-16(14)20(4)19-15/h5-8,12-13,17-18H,9-11H2,1-4H3. The lowest BCUT2D eigenvalue weighted by Gasteiger charge is -2.41. The number of benzene rings is 1. The van der Waals surface area contributed by atoms with Gasteiger partial charge >= 0.3 is 0 Å². The molecule has 114 valence electrons. The van der Waals surface area contributed by atoms with E-state index in [1.165, 1.54) is 16.6 Å². The maximum atomic E-state index is 4.76. The van der Waals surface area contributed by atoms with Crippen LogP contribution in [-0.4, -0.2) is 39.9 Å². The second kappa shape index (κ2) is 5.78. The predicted octanol–water partition coefficient (Wildman–Crippen LogP) is 2.39. The topological polar surface area (TPSA) is 33.1 Å². The minimum absolute atomic E-state index is 0.551. The van der Waals surface area contributed by atoms with Gasteiger partial charge in [-0.25, -0.2) is 0 Å². The number of aryl methyl sites for hydroxylation is 1. The first-order chi connectivity index (χ1) is 10.1. The third kappa shape index (κ3) is 2.83. The second-order valence-corrected chi connectivity index (χ2v) is 6.64. The van der Waals surface area contributed by atoms with Gasteiger partial charge < -0.3 is 5.32 Å². The second-order valence-electron chi connectivity index (χ2n) is 6.64. The summed E-state index contributed by atoms with van der Waals surface area (Å²) in [6.45, 7) is 9.99. The van der Waals surface area contributed by atoms with Crippen molar-refractivity contribution in [3.63, 3.8) is 0 Å². The summed E-state index contributed by atoms with van der Waals surface area (Å²) in [7, 11) is 2.03. The zero-order chi connectivity index (χ0) is 15.0. The smallest absolute Gasteiger partial charge is 0.0843 e. The summed E-state index contributed by atoms with van der Waals surface area (Å²) < 4.78 is 2.00. The van der Waals surface area contributed by atoms with Crippen LogP contribution >= 0.6 is 0 Å². The molecule has 0 amide bonds. The van der Waals surface area contributed by atoms with Crippen LogP contribution in [0.4, 0.5) is 0 Å². The fourth-order valence-electron chi connectivity index (χ4n) is 3.44. The predicted molar refractivity (Wildman–Crippen MR) is 87.2 cm³/mol. The van der Waals surface area contributed by atoms with Crippen LogP contribution in [0.5, 0.6) is 0 Å². The van der Waals surface area contributed by atoms with Gasteiger partial charge in [-0.1, -0.05) is 32.0 Å². The minimum atomic E-state index is 0.551. The molecule has 0 aliphatic carbocycles. The van der Waals surface area contributed by atoms with Crippen molar-refractivity contribution in [3.05, 3.63) is 30.0 Å². The molecule has 2 atom stereocenters. The highest BCUT2D eigenvalue weighted by Crippen LogP contribution is 2.22. The number of nitrogens with zero attached hydrogens (tertiary/aromatic N) is 3. The number of rotatable bonds is 3. The van der Waals surface area contributed by atoms with Crippen molar-refractivity contribution < 1.29 is 0 Å². The van der Waals surface area contributed by atoms with Gasteiger partial charge in [0.15, 0.2) is 0 Å². The van der Waals surface area contributed by atoms with Gasteiger partial charge in [-0.3, -0.25) is 9.58 Å². The molecule has 4 heteroatoms. The maximum Gasteiger partial charge on any atom is 0.0843 e. The highest BCUT2D eigenvalue weighted by atomic mass is 15.3. The van der Waals surface area contributed by atoms with Crippen LogP contribution in [0.15, 0.2) is 24.3 Å². The molecule has 1 aromatic heterocycles. The maximum absolute atomic E-state index is 4.76. The van der Waals surface area contributed by atoms with E-state index in [0.717, 1.165) is 19.6 Å². The van der Waals surface area contributed by atoms with Crippen LogP contribution in [0.25, 0.3) is 10.9 Å². The molecule has 2 aromatic rings. The summed E-state index contributed by atoms with van der Waals surface area (Å²) >= 11 is 0. The zero-order valence-corrected chi connectivity index (χ0v) is 13.5. The van der Waals surface area contributed by atoms with E-state index in [9.17, 15) is 0 Å². The van der Waals surface area contributed by atoms with Crippen molar-refractivity contribution in [2.75, 3.05) is 13.1 Å². The van der Waals surface area contributed by atoms with Crippen molar-refractivity contribution in [1.29, 1.82) is 0 Å². The summed E-state index contributed by atoms with van der Waals surface area (Å²) in [4.78, 5) is 2.60. The minimum Gasteiger partial charge on any atom is -0.311 e. The first-order valence-corrected chi connectivity index (χ1v) is 7.94. The summed E-state index contributed by atoms with van der Waals surface area (Å²) in [6, 6.07) is 9.66. The van der Waals surface area contributed by atoms with E-state index in [1.807, 2.05) is 11.7 Å². The van der Waals surface area contributed by atoms with E-state index in [4.69, 9.17) is 5.10 Å². The van der Waals surface area contributed by atoms with Gasteiger partial charge in [0.25, 0.3) is 0 Å². The molecule has 2 heterocycles. The highest BCUT2D eigenvalue weighted by molar-refractivity contribution is 5.81. The Labute approximate surface area is 127 Å². The van der Waals surface area contributed by atoms with Gasteiger partial charge in [-0.2, -0.15) is 5.10 Å². The summed E-state index contributed by atoms with van der Waals surface area (Å²) in [5.74, 6) is 0.653. The summed E-state index contributed by atoms with van der Waals surface area (Å²) in [5.41, 5.74) is 2.42. The van der Waals surface area contributed by atoms with E-state index >= 15 is 0 Å². The average Bonchev–Trinajstić information content (AvgIpc) is 2.76. The summed E-state index contributed by atoms with van der Waals surface area (Å²) in [6.07, 6.45) is 0. The fourth-order valence-corrected chi connectivity index (χ4v) is 3.44. The number of nitrogens with one attached hydrogen (secondary N) is 1. The first kappa shape index (κ1) is 14.5. The fraction of sp³-hybridized carbons (Fsp3) is 0.588. The van der Waals surface area contributed by atoms with Crippen LogP contribution in [-0.2, 0) is 13.6 Å². The van der Waals surface area contributed by atoms with E-state index in [-0.39, 0.29) is 0 Å². The molecule has 1 fully saturated rings. The van der Waals surface area contributed by atoms with E-state index in [0.29, 0.717) is 18.0 Å². The molecule has 1 aromatic carbocycles. The first-order valence-electron chi connectivity index (χ1n) is 7.94. The molecule has 1 aliphatic heterocycles. The quantitative estimate of drug-likeness (QED) is 0.940. The molecule has 2 unspecified atom stereocenters. The highest BCUT2D eigenvalue weighted by Gasteiger charge is 2.28. The van der Waals surface area contributed by atoms with Crippen molar-refractivity contribution in [3.8, 4) is 0 Å². The number of hydrogen-bond donors (Lipinski definition) is 1. The van der Waals surface area contributed by atoms with E-state index < -0.39 is 0 Å². The average molecular weight is 286 g/mol. The molecular formula is C17H26N4. The molecule has 3 rings (SSSR count). The molecule has 0 saturated carbocycles. The number of para-hydroxylation sites is 1. The van der Waals surface area contributed by atoms with Gasteiger partial charge in [-0.15, -0.1) is 0 Å². The Balaban J connectivity index is 1.89. The van der Waals surface area contributed by atoms with Gasteiger partial charge in [0.2, 0.25) is 0 Å². The van der Waals surface area contributed by atoms with Crippen molar-refractivity contribution in [2.24, 2.45) is 13.0 Å². The van der Waals surface area contributed by atoms with Gasteiger partial charge in [0, 0.05) is 44.2 Å². The SMILES string of the molecule is CC1CN(Cc2nn(C)c3ccccc23)C(C(C)C)CN1. The van der Waals surface area contributed by atoms with Crippen molar-refractivity contribution >= 4 is 10.9 Å². The van der Waals surface area contributed by atoms with Crippen LogP contribution in [0.1, 0.15) is 26.5 Å². The Bertz CT molecular complexity index is 616. The lowest BCUT2D eigenvalue weighted by atomic mass is 9.98. The van der Waals surface area contributed by atoms with Crippen LogP contribution in [0, 0.1) is 5.92 Å². The molecule has 0 bridgehead atoms. The third-order valence-corrected chi connectivity index (χ3v) is 4.61. The molecule has 0 spiro atoms. The van der Waals surface area contributed by atoms with Crippen molar-refractivity contribution in [2.45, 2.75) is 39.4 Å². The molecular weight excluding hydrogens is 260 g/mol. The normalized spacial score (nSPS) is 24.0. The number of fused-ring (bicyclic) bond motifs is 1. The molecule has 0 radical (unpaired) electrons. The summed E-state index contributed by atoms with van der Waals surface area (Å²) in [5, 5.41) is 9.65. The van der Waals surface area contributed by atoms with Crippen LogP contribution in [0.3, 0.4) is 0 Å². The van der Waals surface area contributed by atoms with E-state index in [1.54, 1.807) is 0 Å². The monoisotopic (exact) mass is 286 g/mol. The lowest BCUT2D eigenvalue weighted by molar-refractivity contribution is 0.0945. The van der Waals surface area contributed by atoms with Gasteiger partial charge in [0.1, 0.15) is 0 Å². The Morgan fingerprint density at radius 1 is 1.33 bits per heavy atom. The molecule has 1 N–H and O–H groups in total. The number of aromatic nitrogens is 2. The van der Waals surface area contributed by atoms with E-state index in [2.05, 4.69) is 55.3 Å². The molecule has 1 saturated heterocycles. The van der Waals surface area contributed by atoms with Gasteiger partial charge in [-0.05, 0) is 18.9 Å². The van der Waals surface area contributed by atoms with Crippen LogP contribution < -0.4 is 5.32 Å². The molecule has 1 aliphatic rings. The number of hydrogen-bond acceptors (Lipinski definition) is 3. The molecule has 4 nitrogen and oxygen atoms in total. The largest absolute Gasteiger partial charge is 0.311 e. The van der Waals surface area contributed by atoms with Crippen molar-refractivity contribution in [1.82, 2.24) is 20.0 Å². The Kier molecular flexibility index (Phi) is 4.00. The van der Waals surface area contributed by atoms with Crippen LogP contribution in [0.2, 0.25) is 0 Å². The van der Waals surface area contributed by atoms with Gasteiger partial charge in [0.05, 0.1) is 11.2 Å². The number of piperazine rings is 1.